The number of hydrogen-bond donors (Lipinski definition) is 0. The molecule has 3 fully saturated rings. The van der Waals surface area contributed by atoms with E-state index in [1.54, 1.807) is 0 Å². The van der Waals surface area contributed by atoms with E-state index < -0.39 is 0 Å². The van der Waals surface area contributed by atoms with E-state index >= 15 is 0 Å². The van der Waals surface area contributed by atoms with Crippen molar-refractivity contribution < 1.29 is 0 Å². The smallest absolute Gasteiger partial charge is 0.00851 e. The Hall–Kier alpha value is -0.260. The highest BCUT2D eigenvalue weighted by molar-refractivity contribution is 5.24. The van der Waals surface area contributed by atoms with Crippen LogP contribution in [0.2, 0.25) is 0 Å². The molecule has 4 aliphatic carbocycles. The summed E-state index contributed by atoms with van der Waals surface area (Å²) >= 11 is 0. The molecule has 166 valence electrons. The molecule has 8 atom stereocenters. The van der Waals surface area contributed by atoms with Crippen LogP contribution in [-0.2, 0) is 0 Å². The van der Waals surface area contributed by atoms with E-state index in [0.717, 1.165) is 41.4 Å². The fraction of sp³-hybridized carbons (Fsp3) is 0.931. The van der Waals surface area contributed by atoms with Gasteiger partial charge >= 0.3 is 0 Å². The van der Waals surface area contributed by atoms with Gasteiger partial charge in [-0.3, -0.25) is 0 Å². The molecule has 8 unspecified atom stereocenters. The van der Waals surface area contributed by atoms with Gasteiger partial charge in [-0.15, -0.1) is 0 Å². The molecule has 0 aromatic carbocycles. The van der Waals surface area contributed by atoms with Crippen molar-refractivity contribution in [3.63, 3.8) is 0 Å². The third kappa shape index (κ3) is 3.89. The molecule has 4 aliphatic rings. The lowest BCUT2D eigenvalue weighted by Gasteiger charge is -2.62. The number of fused-ring (bicyclic) bond motifs is 5. The van der Waals surface area contributed by atoms with Gasteiger partial charge in [-0.2, -0.15) is 0 Å². The second-order valence-corrected chi connectivity index (χ2v) is 13.0. The second-order valence-electron chi connectivity index (χ2n) is 13.0. The van der Waals surface area contributed by atoms with E-state index in [1.165, 1.54) is 77.0 Å². The first-order chi connectivity index (χ1) is 13.8. The van der Waals surface area contributed by atoms with E-state index in [4.69, 9.17) is 0 Å². The Morgan fingerprint density at radius 2 is 1.76 bits per heavy atom. The zero-order chi connectivity index (χ0) is 20.8. The lowest BCUT2D eigenvalue weighted by atomic mass is 9.42. The first-order valence-corrected chi connectivity index (χ1v) is 13.4. The molecular weight excluding hydrogens is 348 g/mol. The van der Waals surface area contributed by atoms with Crippen molar-refractivity contribution in [1.29, 1.82) is 0 Å². The van der Waals surface area contributed by atoms with Crippen molar-refractivity contribution in [2.45, 2.75) is 119 Å². The fourth-order valence-corrected chi connectivity index (χ4v) is 9.07. The highest BCUT2D eigenvalue weighted by Gasteiger charge is 2.57. The van der Waals surface area contributed by atoms with Crippen LogP contribution in [0.3, 0.4) is 0 Å². The topological polar surface area (TPSA) is 0 Å². The molecule has 0 bridgehead atoms. The van der Waals surface area contributed by atoms with Crippen LogP contribution in [0.5, 0.6) is 0 Å². The Morgan fingerprint density at radius 3 is 2.52 bits per heavy atom. The van der Waals surface area contributed by atoms with Gasteiger partial charge in [-0.25, -0.2) is 0 Å². The Bertz CT molecular complexity index is 599. The van der Waals surface area contributed by atoms with Crippen molar-refractivity contribution in [2.75, 3.05) is 0 Å². The molecule has 0 aliphatic heterocycles. The van der Waals surface area contributed by atoms with Crippen LogP contribution in [0.15, 0.2) is 11.6 Å². The lowest BCUT2D eigenvalue weighted by molar-refractivity contribution is -0.107. The average molecular weight is 399 g/mol. The number of rotatable bonds is 5. The standard InChI is InChI=1S/C29H50/c1-20(2)9-7-10-22(4)25-11-8-12-26-24-14-13-23-19-21(3)15-17-28(23,5)27(24)16-18-29(25,26)6/h13,20-22,24-27H,7-12,14-19H2,1-6H3. The molecular formula is C29H50. The van der Waals surface area contributed by atoms with E-state index in [9.17, 15) is 0 Å². The van der Waals surface area contributed by atoms with E-state index in [-0.39, 0.29) is 0 Å². The van der Waals surface area contributed by atoms with E-state index in [1.807, 2.05) is 5.57 Å². The summed E-state index contributed by atoms with van der Waals surface area (Å²) in [5.74, 6) is 6.68. The van der Waals surface area contributed by atoms with Gasteiger partial charge in [0.1, 0.15) is 0 Å². The van der Waals surface area contributed by atoms with Gasteiger partial charge in [-0.1, -0.05) is 78.9 Å². The predicted molar refractivity (Wildman–Crippen MR) is 127 cm³/mol. The molecule has 4 rings (SSSR count). The third-order valence-corrected chi connectivity index (χ3v) is 10.8. The maximum Gasteiger partial charge on any atom is -0.00851 e. The molecule has 0 aromatic heterocycles. The lowest BCUT2D eigenvalue weighted by Crippen LogP contribution is -2.54. The van der Waals surface area contributed by atoms with Gasteiger partial charge in [0.15, 0.2) is 0 Å². The quantitative estimate of drug-likeness (QED) is 0.405. The summed E-state index contributed by atoms with van der Waals surface area (Å²) in [6, 6.07) is 0. The van der Waals surface area contributed by atoms with Crippen LogP contribution in [0.1, 0.15) is 119 Å². The first-order valence-electron chi connectivity index (χ1n) is 13.4. The molecule has 0 N–H and O–H groups in total. The summed E-state index contributed by atoms with van der Waals surface area (Å²) in [6.45, 7) is 15.3. The second kappa shape index (κ2) is 8.35. The molecule has 0 aromatic rings. The highest BCUT2D eigenvalue weighted by atomic mass is 14.6. The van der Waals surface area contributed by atoms with Crippen LogP contribution in [0, 0.1) is 52.3 Å². The Kier molecular flexibility index (Phi) is 6.32. The highest BCUT2D eigenvalue weighted by Crippen LogP contribution is 2.66. The summed E-state index contributed by atoms with van der Waals surface area (Å²) < 4.78 is 0. The normalized spacial score (nSPS) is 45.8. The molecule has 0 radical (unpaired) electrons. The molecule has 29 heavy (non-hydrogen) atoms. The van der Waals surface area contributed by atoms with Crippen LogP contribution >= 0.6 is 0 Å². The SMILES string of the molecule is CC(C)CCCC(C)C1CCCC2C3CC=C4CC(C)CCC4(C)C3CCC12C. The average Bonchev–Trinajstić information content (AvgIpc) is 2.67. The van der Waals surface area contributed by atoms with Gasteiger partial charge in [0.25, 0.3) is 0 Å². The number of hydrogen-bond acceptors (Lipinski definition) is 0. The predicted octanol–water partition coefficient (Wildman–Crippen LogP) is 9.05. The van der Waals surface area contributed by atoms with Crippen molar-refractivity contribution in [3.05, 3.63) is 11.6 Å². The van der Waals surface area contributed by atoms with Crippen molar-refractivity contribution in [1.82, 2.24) is 0 Å². The first kappa shape index (κ1) is 22.0. The largest absolute Gasteiger partial charge is 0.0845 e. The molecule has 3 saturated carbocycles. The Balaban J connectivity index is 1.52. The molecule has 0 heteroatoms. The van der Waals surface area contributed by atoms with E-state index in [0.29, 0.717) is 10.8 Å². The summed E-state index contributed by atoms with van der Waals surface area (Å²) in [7, 11) is 0. The minimum Gasteiger partial charge on any atom is -0.0845 e. The summed E-state index contributed by atoms with van der Waals surface area (Å²) in [4.78, 5) is 0. The maximum absolute atomic E-state index is 2.76. The summed E-state index contributed by atoms with van der Waals surface area (Å²) in [5, 5.41) is 0. The zero-order valence-electron chi connectivity index (χ0n) is 20.6. The summed E-state index contributed by atoms with van der Waals surface area (Å²) in [6.07, 6.45) is 20.5. The van der Waals surface area contributed by atoms with Crippen LogP contribution < -0.4 is 0 Å². The van der Waals surface area contributed by atoms with Crippen molar-refractivity contribution >= 4 is 0 Å². The maximum atomic E-state index is 2.76. The monoisotopic (exact) mass is 398 g/mol. The van der Waals surface area contributed by atoms with Crippen molar-refractivity contribution in [3.8, 4) is 0 Å². The Labute approximate surface area is 182 Å². The van der Waals surface area contributed by atoms with Crippen LogP contribution in [0.4, 0.5) is 0 Å². The molecule has 0 heterocycles. The molecule has 0 spiro atoms. The Morgan fingerprint density at radius 1 is 0.966 bits per heavy atom. The van der Waals surface area contributed by atoms with E-state index in [2.05, 4.69) is 47.6 Å². The minimum absolute atomic E-state index is 0.548. The van der Waals surface area contributed by atoms with Gasteiger partial charge in [0, 0.05) is 0 Å². The molecule has 0 amide bonds. The van der Waals surface area contributed by atoms with Crippen molar-refractivity contribution in [2.24, 2.45) is 52.3 Å². The number of allylic oxidation sites excluding steroid dienone is 2. The van der Waals surface area contributed by atoms with Crippen LogP contribution in [0.25, 0.3) is 0 Å². The van der Waals surface area contributed by atoms with Gasteiger partial charge in [0.2, 0.25) is 0 Å². The zero-order valence-corrected chi connectivity index (χ0v) is 20.6. The summed E-state index contributed by atoms with van der Waals surface area (Å²) in [5.41, 5.74) is 3.04. The fourth-order valence-electron chi connectivity index (χ4n) is 9.07. The third-order valence-electron chi connectivity index (χ3n) is 10.8. The van der Waals surface area contributed by atoms with Gasteiger partial charge in [-0.05, 0) is 104 Å². The van der Waals surface area contributed by atoms with Crippen LogP contribution in [-0.4, -0.2) is 0 Å². The van der Waals surface area contributed by atoms with Gasteiger partial charge in [0.05, 0.1) is 0 Å². The molecule has 0 saturated heterocycles. The minimum atomic E-state index is 0.548. The van der Waals surface area contributed by atoms with Gasteiger partial charge < -0.3 is 0 Å². The molecule has 0 nitrogen and oxygen atoms in total.